The number of nitrogens with zero attached hydrogens (tertiary/aromatic N) is 5. The molecule has 3 aromatic rings. The molecule has 1 amide bonds. The van der Waals surface area contributed by atoms with E-state index in [1.807, 2.05) is 19.9 Å². The van der Waals surface area contributed by atoms with E-state index < -0.39 is 5.91 Å². The summed E-state index contributed by atoms with van der Waals surface area (Å²) in [7, 11) is 0. The van der Waals surface area contributed by atoms with Crippen LogP contribution in [0, 0.1) is 13.8 Å². The van der Waals surface area contributed by atoms with E-state index in [4.69, 9.17) is 23.2 Å². The molecule has 1 aromatic carbocycles. The number of nitrogens with one attached hydrogen (secondary N) is 1. The van der Waals surface area contributed by atoms with E-state index in [1.165, 1.54) is 10.7 Å². The van der Waals surface area contributed by atoms with E-state index in [2.05, 4.69) is 25.6 Å². The van der Waals surface area contributed by atoms with Gasteiger partial charge in [0.25, 0.3) is 5.78 Å². The van der Waals surface area contributed by atoms with Gasteiger partial charge in [-0.25, -0.2) is 14.9 Å². The van der Waals surface area contributed by atoms with Crippen LogP contribution in [0.3, 0.4) is 0 Å². The molecular weight excluding hydrogens is 351 g/mol. The third-order valence-electron chi connectivity index (χ3n) is 3.15. The second-order valence-corrected chi connectivity index (χ2v) is 5.89. The summed E-state index contributed by atoms with van der Waals surface area (Å²) in [5.74, 6) is -0.197. The van der Waals surface area contributed by atoms with E-state index in [9.17, 15) is 4.79 Å². The Morgan fingerprint density at radius 3 is 2.79 bits per heavy atom. The van der Waals surface area contributed by atoms with Crippen LogP contribution in [0.1, 0.15) is 27.6 Å². The Bertz CT molecular complexity index is 966. The van der Waals surface area contributed by atoms with E-state index >= 15 is 0 Å². The van der Waals surface area contributed by atoms with Gasteiger partial charge in [0, 0.05) is 22.0 Å². The van der Waals surface area contributed by atoms with Gasteiger partial charge in [0.05, 0.1) is 11.2 Å². The molecule has 0 unspecified atom stereocenters. The van der Waals surface area contributed by atoms with Gasteiger partial charge in [-0.05, 0) is 32.0 Å². The molecule has 0 fully saturated rings. The standard InChI is InChI=1S/C15H12Cl2N6O/c1-8-5-9(2)23-15(19-8)20-13(22-23)14(24)21-18-7-10-3-4-11(16)6-12(10)17/h3-7H,1-2H3,(H,21,24)/b18-7-. The largest absolute Gasteiger partial charge is 0.311 e. The van der Waals surface area contributed by atoms with Crippen molar-refractivity contribution in [1.29, 1.82) is 0 Å². The smallest absolute Gasteiger partial charge is 0.264 e. The van der Waals surface area contributed by atoms with Gasteiger partial charge < -0.3 is 0 Å². The zero-order valence-corrected chi connectivity index (χ0v) is 14.3. The number of hydrogen-bond donors (Lipinski definition) is 1. The first-order chi connectivity index (χ1) is 11.4. The maximum absolute atomic E-state index is 12.1. The monoisotopic (exact) mass is 362 g/mol. The number of halogens is 2. The average Bonchev–Trinajstić information content (AvgIpc) is 2.93. The van der Waals surface area contributed by atoms with E-state index in [-0.39, 0.29) is 5.82 Å². The van der Waals surface area contributed by atoms with E-state index in [0.29, 0.717) is 21.4 Å². The van der Waals surface area contributed by atoms with Crippen molar-refractivity contribution in [2.75, 3.05) is 0 Å². The van der Waals surface area contributed by atoms with E-state index in [1.54, 1.807) is 18.2 Å². The number of amides is 1. The third kappa shape index (κ3) is 3.37. The maximum atomic E-state index is 12.1. The second-order valence-electron chi connectivity index (χ2n) is 5.05. The molecule has 0 saturated carbocycles. The Balaban J connectivity index is 1.77. The van der Waals surface area contributed by atoms with Gasteiger partial charge in [-0.2, -0.15) is 10.1 Å². The molecule has 2 heterocycles. The van der Waals surface area contributed by atoms with Gasteiger partial charge in [0.1, 0.15) is 0 Å². The van der Waals surface area contributed by atoms with Gasteiger partial charge in [-0.3, -0.25) is 4.79 Å². The summed E-state index contributed by atoms with van der Waals surface area (Å²) >= 11 is 11.8. The van der Waals surface area contributed by atoms with Crippen LogP contribution in [0.2, 0.25) is 10.0 Å². The van der Waals surface area contributed by atoms with Crippen LogP contribution in [0.15, 0.2) is 29.4 Å². The van der Waals surface area contributed by atoms with Crippen molar-refractivity contribution >= 4 is 41.1 Å². The summed E-state index contributed by atoms with van der Waals surface area (Å²) in [5, 5.41) is 8.93. The Labute approximate surface area is 147 Å². The van der Waals surface area contributed by atoms with Crippen molar-refractivity contribution in [2.45, 2.75) is 13.8 Å². The van der Waals surface area contributed by atoms with Crippen LogP contribution in [0.4, 0.5) is 0 Å². The first-order valence-corrected chi connectivity index (χ1v) is 7.69. The van der Waals surface area contributed by atoms with Crippen LogP contribution in [0.25, 0.3) is 5.78 Å². The highest BCUT2D eigenvalue weighted by atomic mass is 35.5. The fourth-order valence-electron chi connectivity index (χ4n) is 2.08. The summed E-state index contributed by atoms with van der Waals surface area (Å²) < 4.78 is 1.50. The van der Waals surface area contributed by atoms with Crippen LogP contribution in [-0.4, -0.2) is 31.7 Å². The molecule has 122 valence electrons. The molecule has 2 aromatic heterocycles. The third-order valence-corrected chi connectivity index (χ3v) is 3.72. The Morgan fingerprint density at radius 2 is 2.04 bits per heavy atom. The molecule has 3 rings (SSSR count). The lowest BCUT2D eigenvalue weighted by Gasteiger charge is -1.98. The molecule has 0 aliphatic rings. The highest BCUT2D eigenvalue weighted by molar-refractivity contribution is 6.36. The van der Waals surface area contributed by atoms with Crippen molar-refractivity contribution in [3.05, 3.63) is 57.1 Å². The fourth-order valence-corrected chi connectivity index (χ4v) is 2.54. The molecule has 0 radical (unpaired) electrons. The SMILES string of the molecule is Cc1cc(C)n2nc(C(=O)N/N=C\c3ccc(Cl)cc3Cl)nc2n1. The number of fused-ring (bicyclic) bond motifs is 1. The van der Waals surface area contributed by atoms with Crippen LogP contribution in [-0.2, 0) is 0 Å². The Hall–Kier alpha value is -2.51. The predicted molar refractivity (Wildman–Crippen MR) is 91.8 cm³/mol. The number of aromatic nitrogens is 4. The first-order valence-electron chi connectivity index (χ1n) is 6.93. The minimum absolute atomic E-state index is 0.0180. The van der Waals surface area contributed by atoms with Gasteiger partial charge in [-0.1, -0.05) is 29.3 Å². The molecule has 7 nitrogen and oxygen atoms in total. The van der Waals surface area contributed by atoms with Gasteiger partial charge in [-0.15, -0.1) is 5.10 Å². The summed E-state index contributed by atoms with van der Waals surface area (Å²) in [6.07, 6.45) is 1.42. The molecule has 0 aliphatic carbocycles. The van der Waals surface area contributed by atoms with Crippen molar-refractivity contribution < 1.29 is 4.79 Å². The molecular formula is C15H12Cl2N6O. The molecule has 0 saturated heterocycles. The number of benzene rings is 1. The molecule has 1 N–H and O–H groups in total. The molecule has 24 heavy (non-hydrogen) atoms. The highest BCUT2D eigenvalue weighted by Gasteiger charge is 2.14. The Kier molecular flexibility index (Phi) is 4.46. The van der Waals surface area contributed by atoms with Crippen LogP contribution < -0.4 is 5.43 Å². The number of carbonyl (C=O) groups excluding carboxylic acids is 1. The average molecular weight is 363 g/mol. The van der Waals surface area contributed by atoms with Crippen LogP contribution in [0.5, 0.6) is 0 Å². The van der Waals surface area contributed by atoms with Gasteiger partial charge in [0.15, 0.2) is 0 Å². The first kappa shape index (κ1) is 16.4. The fraction of sp³-hybridized carbons (Fsp3) is 0.133. The lowest BCUT2D eigenvalue weighted by atomic mass is 10.2. The topological polar surface area (TPSA) is 84.5 Å². The highest BCUT2D eigenvalue weighted by Crippen LogP contribution is 2.19. The molecule has 0 spiro atoms. The number of hydrazone groups is 1. The minimum Gasteiger partial charge on any atom is -0.264 e. The molecule has 0 atom stereocenters. The van der Waals surface area contributed by atoms with Crippen molar-refractivity contribution in [3.8, 4) is 0 Å². The Morgan fingerprint density at radius 1 is 1.25 bits per heavy atom. The number of carbonyl (C=O) groups is 1. The number of aryl methyl sites for hydroxylation is 2. The summed E-state index contributed by atoms with van der Waals surface area (Å²) in [5.41, 5.74) is 4.61. The number of hydrogen-bond acceptors (Lipinski definition) is 5. The second kappa shape index (κ2) is 6.54. The summed E-state index contributed by atoms with van der Waals surface area (Å²) in [6, 6.07) is 6.81. The predicted octanol–water partition coefficient (Wildman–Crippen LogP) is 2.81. The quantitative estimate of drug-likeness (QED) is 0.573. The summed E-state index contributed by atoms with van der Waals surface area (Å²) in [6.45, 7) is 3.71. The molecule has 0 aliphatic heterocycles. The zero-order chi connectivity index (χ0) is 17.3. The van der Waals surface area contributed by atoms with Crippen molar-refractivity contribution in [3.63, 3.8) is 0 Å². The normalized spacial score (nSPS) is 11.3. The summed E-state index contributed by atoms with van der Waals surface area (Å²) in [4.78, 5) is 20.4. The number of rotatable bonds is 3. The zero-order valence-electron chi connectivity index (χ0n) is 12.8. The lowest BCUT2D eigenvalue weighted by Crippen LogP contribution is -2.19. The van der Waals surface area contributed by atoms with Crippen LogP contribution >= 0.6 is 23.2 Å². The van der Waals surface area contributed by atoms with Gasteiger partial charge in [0.2, 0.25) is 5.82 Å². The lowest BCUT2D eigenvalue weighted by molar-refractivity contribution is 0.0945. The maximum Gasteiger partial charge on any atom is 0.311 e. The van der Waals surface area contributed by atoms with Gasteiger partial charge >= 0.3 is 5.91 Å². The minimum atomic E-state index is -0.543. The molecule has 9 heteroatoms. The van der Waals surface area contributed by atoms with Crippen molar-refractivity contribution in [1.82, 2.24) is 25.0 Å². The molecule has 0 bridgehead atoms. The van der Waals surface area contributed by atoms with Crippen molar-refractivity contribution in [2.24, 2.45) is 5.10 Å². The van der Waals surface area contributed by atoms with E-state index in [0.717, 1.165) is 11.4 Å².